The van der Waals surface area contributed by atoms with E-state index in [2.05, 4.69) is 37.5 Å². The Morgan fingerprint density at radius 1 is 1.04 bits per heavy atom. The van der Waals surface area contributed by atoms with E-state index in [1.165, 1.54) is 38.8 Å². The van der Waals surface area contributed by atoms with Gasteiger partial charge in [-0.2, -0.15) is 0 Å². The van der Waals surface area contributed by atoms with Gasteiger partial charge in [0.1, 0.15) is 0 Å². The molecule has 3 aliphatic rings. The largest absolute Gasteiger partial charge is 0.341 e. The number of hydrogen-bond donors (Lipinski definition) is 0. The molecule has 0 radical (unpaired) electrons. The Hall–Kier alpha value is -0.570. The van der Waals surface area contributed by atoms with E-state index in [9.17, 15) is 4.79 Å². The molecule has 3 fully saturated rings. The Balaban J connectivity index is 0.00000100. The molecule has 0 aromatic carbocycles. The van der Waals surface area contributed by atoms with E-state index < -0.39 is 0 Å². The van der Waals surface area contributed by atoms with Crippen LogP contribution in [0, 0.1) is 23.2 Å². The Labute approximate surface area is 150 Å². The second-order valence-corrected chi connectivity index (χ2v) is 8.94. The van der Waals surface area contributed by atoms with Crippen molar-refractivity contribution in [3.05, 3.63) is 0 Å². The van der Waals surface area contributed by atoms with Crippen molar-refractivity contribution in [3.63, 3.8) is 0 Å². The van der Waals surface area contributed by atoms with Gasteiger partial charge in [-0.3, -0.25) is 4.79 Å². The van der Waals surface area contributed by atoms with Crippen LogP contribution in [-0.4, -0.2) is 47.9 Å². The second-order valence-electron chi connectivity index (χ2n) is 8.94. The second kappa shape index (κ2) is 8.21. The highest BCUT2D eigenvalue weighted by molar-refractivity contribution is 5.77. The van der Waals surface area contributed by atoms with Gasteiger partial charge in [-0.15, -0.1) is 0 Å². The van der Waals surface area contributed by atoms with E-state index in [1.807, 2.05) is 13.8 Å². The van der Waals surface area contributed by atoms with Crippen molar-refractivity contribution < 1.29 is 4.79 Å². The Bertz CT molecular complexity index is 396. The molecule has 0 atom stereocenters. The number of hydrogen-bond acceptors (Lipinski definition) is 2. The lowest BCUT2D eigenvalue weighted by atomic mass is 9.55. The molecular weight excluding hydrogens is 296 g/mol. The van der Waals surface area contributed by atoms with Crippen molar-refractivity contribution in [1.82, 2.24) is 9.80 Å². The molecule has 0 unspecified atom stereocenters. The third kappa shape index (κ3) is 4.33. The van der Waals surface area contributed by atoms with Gasteiger partial charge in [-0.1, -0.05) is 27.7 Å². The van der Waals surface area contributed by atoms with Crippen LogP contribution >= 0.6 is 0 Å². The molecule has 1 aliphatic carbocycles. The van der Waals surface area contributed by atoms with Crippen molar-refractivity contribution in [2.75, 3.05) is 26.2 Å². The van der Waals surface area contributed by atoms with Gasteiger partial charge in [-0.05, 0) is 70.4 Å². The van der Waals surface area contributed by atoms with E-state index in [1.54, 1.807) is 0 Å². The van der Waals surface area contributed by atoms with Crippen LogP contribution < -0.4 is 0 Å². The van der Waals surface area contributed by atoms with Crippen LogP contribution in [0.25, 0.3) is 0 Å². The molecule has 3 heteroatoms. The fourth-order valence-corrected chi connectivity index (χ4v) is 4.77. The van der Waals surface area contributed by atoms with E-state index in [0.717, 1.165) is 31.3 Å². The number of amides is 1. The SMILES string of the molecule is CC.CC(C)C1CC2(C1)CN(C(=O)CC1CCN(C(C)C)CC1)C2. The number of carbonyl (C=O) groups is 1. The zero-order valence-corrected chi connectivity index (χ0v) is 17.0. The molecule has 3 rings (SSSR count). The molecule has 0 aromatic rings. The van der Waals surface area contributed by atoms with Crippen molar-refractivity contribution in [3.8, 4) is 0 Å². The van der Waals surface area contributed by atoms with Crippen LogP contribution in [0.15, 0.2) is 0 Å². The van der Waals surface area contributed by atoms with Crippen molar-refractivity contribution >= 4 is 5.91 Å². The summed E-state index contributed by atoms with van der Waals surface area (Å²) in [5.74, 6) is 2.80. The fourth-order valence-electron chi connectivity index (χ4n) is 4.77. The van der Waals surface area contributed by atoms with Crippen LogP contribution in [0.5, 0.6) is 0 Å². The van der Waals surface area contributed by atoms with Gasteiger partial charge >= 0.3 is 0 Å². The maximum atomic E-state index is 12.5. The Morgan fingerprint density at radius 3 is 2.04 bits per heavy atom. The molecule has 1 amide bonds. The average Bonchev–Trinajstić information content (AvgIpc) is 2.46. The monoisotopic (exact) mass is 336 g/mol. The zero-order chi connectivity index (χ0) is 17.9. The van der Waals surface area contributed by atoms with Gasteiger partial charge < -0.3 is 9.80 Å². The van der Waals surface area contributed by atoms with Crippen molar-refractivity contribution in [1.29, 1.82) is 0 Å². The molecule has 0 aromatic heterocycles. The maximum Gasteiger partial charge on any atom is 0.222 e. The summed E-state index contributed by atoms with van der Waals surface area (Å²) in [5, 5.41) is 0. The van der Waals surface area contributed by atoms with Crippen LogP contribution in [-0.2, 0) is 4.79 Å². The molecule has 2 saturated heterocycles. The van der Waals surface area contributed by atoms with Gasteiger partial charge in [0.25, 0.3) is 0 Å². The highest BCUT2D eigenvalue weighted by Crippen LogP contribution is 2.54. The number of piperidine rings is 1. The minimum atomic E-state index is 0.432. The summed E-state index contributed by atoms with van der Waals surface area (Å²) in [7, 11) is 0. The molecule has 1 saturated carbocycles. The predicted octanol–water partition coefficient (Wildman–Crippen LogP) is 4.42. The van der Waals surface area contributed by atoms with Crippen molar-refractivity contribution in [2.24, 2.45) is 23.2 Å². The minimum absolute atomic E-state index is 0.432. The molecule has 0 N–H and O–H groups in total. The lowest BCUT2D eigenvalue weighted by Crippen LogP contribution is -2.64. The van der Waals surface area contributed by atoms with E-state index in [0.29, 0.717) is 23.3 Å². The van der Waals surface area contributed by atoms with Crippen molar-refractivity contribution in [2.45, 2.75) is 79.7 Å². The van der Waals surface area contributed by atoms with Gasteiger partial charge in [0.15, 0.2) is 0 Å². The van der Waals surface area contributed by atoms with Gasteiger partial charge in [0, 0.05) is 31.0 Å². The topological polar surface area (TPSA) is 23.6 Å². The van der Waals surface area contributed by atoms with Gasteiger partial charge in [0.2, 0.25) is 5.91 Å². The lowest BCUT2D eigenvalue weighted by molar-refractivity contribution is -0.158. The maximum absolute atomic E-state index is 12.5. The summed E-state index contributed by atoms with van der Waals surface area (Å²) in [6.45, 7) is 17.7. The number of carbonyl (C=O) groups excluding carboxylic acids is 1. The first-order chi connectivity index (χ1) is 11.4. The first kappa shape index (κ1) is 19.8. The van der Waals surface area contributed by atoms with Crippen LogP contribution in [0.3, 0.4) is 0 Å². The Morgan fingerprint density at radius 2 is 1.58 bits per heavy atom. The summed E-state index contributed by atoms with van der Waals surface area (Å²) in [6.07, 6.45) is 5.94. The number of rotatable bonds is 4. The molecular formula is C21H40N2O. The summed E-state index contributed by atoms with van der Waals surface area (Å²) in [4.78, 5) is 17.2. The lowest BCUT2D eigenvalue weighted by Gasteiger charge is -2.60. The number of nitrogens with zero attached hydrogens (tertiary/aromatic N) is 2. The van der Waals surface area contributed by atoms with E-state index in [-0.39, 0.29) is 0 Å². The molecule has 0 bridgehead atoms. The zero-order valence-electron chi connectivity index (χ0n) is 17.0. The molecule has 1 spiro atoms. The first-order valence-corrected chi connectivity index (χ1v) is 10.4. The molecule has 2 aliphatic heterocycles. The third-order valence-electron chi connectivity index (χ3n) is 6.58. The normalized spacial score (nSPS) is 24.6. The highest BCUT2D eigenvalue weighted by atomic mass is 16.2. The quantitative estimate of drug-likeness (QED) is 0.759. The Kier molecular flexibility index (Phi) is 6.75. The summed E-state index contributed by atoms with van der Waals surface area (Å²) in [6, 6.07) is 0.652. The predicted molar refractivity (Wildman–Crippen MR) is 102 cm³/mol. The average molecular weight is 337 g/mol. The standard InChI is InChI=1S/C19H34N2O.C2H6/c1-14(2)17-10-19(11-17)12-21(13-19)18(22)9-16-5-7-20(8-6-16)15(3)4;1-2/h14-17H,5-13H2,1-4H3;1-2H3. The minimum Gasteiger partial charge on any atom is -0.341 e. The highest BCUT2D eigenvalue weighted by Gasteiger charge is 2.53. The summed E-state index contributed by atoms with van der Waals surface area (Å²) < 4.78 is 0. The van der Waals surface area contributed by atoms with Crippen LogP contribution in [0.1, 0.15) is 73.6 Å². The van der Waals surface area contributed by atoms with E-state index in [4.69, 9.17) is 0 Å². The molecule has 140 valence electrons. The summed E-state index contributed by atoms with van der Waals surface area (Å²) in [5.41, 5.74) is 0.533. The summed E-state index contributed by atoms with van der Waals surface area (Å²) >= 11 is 0. The number of likely N-dealkylation sites (tertiary alicyclic amines) is 2. The van der Waals surface area contributed by atoms with Gasteiger partial charge in [-0.25, -0.2) is 0 Å². The van der Waals surface area contributed by atoms with Gasteiger partial charge in [0.05, 0.1) is 0 Å². The first-order valence-electron chi connectivity index (χ1n) is 10.4. The van der Waals surface area contributed by atoms with Crippen LogP contribution in [0.4, 0.5) is 0 Å². The molecule has 2 heterocycles. The molecule has 24 heavy (non-hydrogen) atoms. The molecule has 3 nitrogen and oxygen atoms in total. The van der Waals surface area contributed by atoms with Crippen LogP contribution in [0.2, 0.25) is 0 Å². The smallest absolute Gasteiger partial charge is 0.222 e. The van der Waals surface area contributed by atoms with E-state index >= 15 is 0 Å². The fraction of sp³-hybridized carbons (Fsp3) is 0.952. The third-order valence-corrected chi connectivity index (χ3v) is 6.58.